The molecule has 134 valence electrons. The van der Waals surface area contributed by atoms with Gasteiger partial charge in [-0.25, -0.2) is 9.97 Å². The van der Waals surface area contributed by atoms with Gasteiger partial charge in [-0.15, -0.1) is 0 Å². The quantitative estimate of drug-likeness (QED) is 0.842. The minimum atomic E-state index is 0.753. The van der Waals surface area contributed by atoms with E-state index in [-0.39, 0.29) is 0 Å². The lowest BCUT2D eigenvalue weighted by Gasteiger charge is -2.26. The summed E-state index contributed by atoms with van der Waals surface area (Å²) in [4.78, 5) is 11.4. The summed E-state index contributed by atoms with van der Waals surface area (Å²) in [6.07, 6.45) is 0. The Labute approximate surface area is 149 Å². The van der Waals surface area contributed by atoms with Crippen molar-refractivity contribution in [2.24, 2.45) is 0 Å². The van der Waals surface area contributed by atoms with Crippen molar-refractivity contribution in [2.75, 3.05) is 50.0 Å². The van der Waals surface area contributed by atoms with Crippen molar-refractivity contribution < 1.29 is 4.74 Å². The maximum Gasteiger partial charge on any atom is 0.136 e. The van der Waals surface area contributed by atoms with Crippen LogP contribution in [0.3, 0.4) is 0 Å². The number of nitrogens with zero attached hydrogens (tertiary/aromatic N) is 3. The van der Waals surface area contributed by atoms with Crippen molar-refractivity contribution in [3.05, 3.63) is 41.2 Å². The summed E-state index contributed by atoms with van der Waals surface area (Å²) in [6.45, 7) is 11.6. The molecule has 0 unspecified atom stereocenters. The van der Waals surface area contributed by atoms with Gasteiger partial charge in [0, 0.05) is 37.9 Å². The highest BCUT2D eigenvalue weighted by atomic mass is 16.5. The molecule has 0 saturated carbocycles. The number of morpholine rings is 1. The molecular weight excluding hydrogens is 314 g/mol. The molecule has 25 heavy (non-hydrogen) atoms. The van der Waals surface area contributed by atoms with Gasteiger partial charge < -0.3 is 15.4 Å². The van der Waals surface area contributed by atoms with Gasteiger partial charge in [-0.1, -0.05) is 6.07 Å². The van der Waals surface area contributed by atoms with Crippen molar-refractivity contribution >= 4 is 17.3 Å². The van der Waals surface area contributed by atoms with E-state index in [2.05, 4.69) is 57.5 Å². The lowest BCUT2D eigenvalue weighted by molar-refractivity contribution is 0.0398. The molecule has 6 nitrogen and oxygen atoms in total. The predicted octanol–water partition coefficient (Wildman–Crippen LogP) is 2.89. The van der Waals surface area contributed by atoms with Crippen LogP contribution in [0.25, 0.3) is 0 Å². The minimum absolute atomic E-state index is 0.753. The molecule has 1 aromatic carbocycles. The standard InChI is InChI=1S/C19H27N5O/c1-14-10-15(2)12-17(11-14)23-19-13-18(21-16(3)22-19)20-4-5-24-6-8-25-9-7-24/h10-13H,4-9H2,1-3H3,(H2,20,21,22,23). The highest BCUT2D eigenvalue weighted by molar-refractivity contribution is 5.60. The van der Waals surface area contributed by atoms with Crippen LogP contribution in [0.2, 0.25) is 0 Å². The molecule has 1 aliphatic rings. The maximum atomic E-state index is 5.38. The molecule has 6 heteroatoms. The molecule has 1 aromatic heterocycles. The first kappa shape index (κ1) is 17.6. The van der Waals surface area contributed by atoms with E-state index in [1.807, 2.05) is 13.0 Å². The Hall–Kier alpha value is -2.18. The molecule has 2 heterocycles. The lowest BCUT2D eigenvalue weighted by atomic mass is 10.1. The number of hydrogen-bond donors (Lipinski definition) is 2. The summed E-state index contributed by atoms with van der Waals surface area (Å²) in [7, 11) is 0. The van der Waals surface area contributed by atoms with Crippen LogP contribution in [0.5, 0.6) is 0 Å². The fourth-order valence-electron chi connectivity index (χ4n) is 3.08. The maximum absolute atomic E-state index is 5.38. The van der Waals surface area contributed by atoms with E-state index in [1.54, 1.807) is 0 Å². The molecule has 0 atom stereocenters. The van der Waals surface area contributed by atoms with Crippen molar-refractivity contribution in [2.45, 2.75) is 20.8 Å². The van der Waals surface area contributed by atoms with Crippen molar-refractivity contribution in [1.82, 2.24) is 14.9 Å². The van der Waals surface area contributed by atoms with Crippen LogP contribution in [0.1, 0.15) is 17.0 Å². The van der Waals surface area contributed by atoms with Crippen LogP contribution >= 0.6 is 0 Å². The molecule has 0 aliphatic carbocycles. The number of anilines is 3. The molecule has 0 bridgehead atoms. The second-order valence-electron chi connectivity index (χ2n) is 6.57. The topological polar surface area (TPSA) is 62.3 Å². The van der Waals surface area contributed by atoms with Crippen LogP contribution < -0.4 is 10.6 Å². The van der Waals surface area contributed by atoms with E-state index < -0.39 is 0 Å². The minimum Gasteiger partial charge on any atom is -0.379 e. The fraction of sp³-hybridized carbons (Fsp3) is 0.474. The van der Waals surface area contributed by atoms with Crippen LogP contribution in [0, 0.1) is 20.8 Å². The van der Waals surface area contributed by atoms with Crippen LogP contribution in [0.4, 0.5) is 17.3 Å². The highest BCUT2D eigenvalue weighted by Crippen LogP contribution is 2.20. The zero-order valence-electron chi connectivity index (χ0n) is 15.3. The van der Waals surface area contributed by atoms with E-state index in [0.29, 0.717) is 0 Å². The molecular formula is C19H27N5O. The molecule has 3 rings (SSSR count). The Morgan fingerprint density at radius 3 is 2.36 bits per heavy atom. The Bertz CT molecular complexity index is 693. The van der Waals surface area contributed by atoms with Crippen LogP contribution in [0.15, 0.2) is 24.3 Å². The molecule has 2 N–H and O–H groups in total. The van der Waals surface area contributed by atoms with Crippen molar-refractivity contribution in [3.63, 3.8) is 0 Å². The van der Waals surface area contributed by atoms with Crippen LogP contribution in [-0.4, -0.2) is 54.3 Å². The number of nitrogens with one attached hydrogen (secondary N) is 2. The summed E-state index contributed by atoms with van der Waals surface area (Å²) >= 11 is 0. The van der Waals surface area contributed by atoms with Gasteiger partial charge in [0.1, 0.15) is 17.5 Å². The first-order valence-electron chi connectivity index (χ1n) is 8.83. The average molecular weight is 341 g/mol. The average Bonchev–Trinajstić information content (AvgIpc) is 2.54. The summed E-state index contributed by atoms with van der Waals surface area (Å²) in [5.74, 6) is 2.42. The van der Waals surface area contributed by atoms with Gasteiger partial charge in [0.2, 0.25) is 0 Å². The van der Waals surface area contributed by atoms with Gasteiger partial charge in [0.25, 0.3) is 0 Å². The molecule has 2 aromatic rings. The van der Waals surface area contributed by atoms with E-state index in [4.69, 9.17) is 4.74 Å². The number of benzene rings is 1. The molecule has 0 amide bonds. The monoisotopic (exact) mass is 341 g/mol. The summed E-state index contributed by atoms with van der Waals surface area (Å²) in [6, 6.07) is 8.37. The summed E-state index contributed by atoms with van der Waals surface area (Å²) in [5.41, 5.74) is 3.52. The first-order valence-corrected chi connectivity index (χ1v) is 8.83. The Morgan fingerprint density at radius 2 is 1.64 bits per heavy atom. The zero-order valence-corrected chi connectivity index (χ0v) is 15.3. The van der Waals surface area contributed by atoms with E-state index in [0.717, 1.165) is 62.5 Å². The van der Waals surface area contributed by atoms with Gasteiger partial charge in [-0.05, 0) is 44.0 Å². The van der Waals surface area contributed by atoms with Gasteiger partial charge in [0.05, 0.1) is 13.2 Å². The highest BCUT2D eigenvalue weighted by Gasteiger charge is 2.10. The van der Waals surface area contributed by atoms with Crippen LogP contribution in [-0.2, 0) is 4.74 Å². The number of aryl methyl sites for hydroxylation is 3. The normalized spacial score (nSPS) is 15.2. The smallest absolute Gasteiger partial charge is 0.136 e. The summed E-state index contributed by atoms with van der Waals surface area (Å²) < 4.78 is 5.38. The molecule has 0 radical (unpaired) electrons. The first-order chi connectivity index (χ1) is 12.1. The lowest BCUT2D eigenvalue weighted by Crippen LogP contribution is -2.39. The Balaban J connectivity index is 1.61. The molecule has 0 spiro atoms. The second kappa shape index (κ2) is 8.27. The van der Waals surface area contributed by atoms with Gasteiger partial charge in [0.15, 0.2) is 0 Å². The van der Waals surface area contributed by atoms with Crippen molar-refractivity contribution in [1.29, 1.82) is 0 Å². The predicted molar refractivity (Wildman–Crippen MR) is 102 cm³/mol. The SMILES string of the molecule is Cc1cc(C)cc(Nc2cc(NCCN3CCOCC3)nc(C)n2)c1. The van der Waals surface area contributed by atoms with E-state index in [9.17, 15) is 0 Å². The molecule has 1 saturated heterocycles. The van der Waals surface area contributed by atoms with Crippen molar-refractivity contribution in [3.8, 4) is 0 Å². The third-order valence-electron chi connectivity index (χ3n) is 4.17. The zero-order chi connectivity index (χ0) is 17.6. The van der Waals surface area contributed by atoms with Gasteiger partial charge >= 0.3 is 0 Å². The van der Waals surface area contributed by atoms with Gasteiger partial charge in [-0.2, -0.15) is 0 Å². The third-order valence-corrected chi connectivity index (χ3v) is 4.17. The van der Waals surface area contributed by atoms with Gasteiger partial charge in [-0.3, -0.25) is 4.90 Å². The second-order valence-corrected chi connectivity index (χ2v) is 6.57. The number of aromatic nitrogens is 2. The van der Waals surface area contributed by atoms with E-state index in [1.165, 1.54) is 11.1 Å². The Morgan fingerprint density at radius 1 is 0.960 bits per heavy atom. The largest absolute Gasteiger partial charge is 0.379 e. The molecule has 1 fully saturated rings. The fourth-order valence-corrected chi connectivity index (χ4v) is 3.08. The summed E-state index contributed by atoms with van der Waals surface area (Å²) in [5, 5.41) is 6.80. The number of rotatable bonds is 6. The Kier molecular flexibility index (Phi) is 5.83. The van der Waals surface area contributed by atoms with E-state index >= 15 is 0 Å². The number of ether oxygens (including phenoxy) is 1. The number of hydrogen-bond acceptors (Lipinski definition) is 6. The third kappa shape index (κ3) is 5.41. The molecule has 1 aliphatic heterocycles.